The molecule has 0 spiro atoms. The van der Waals surface area contributed by atoms with Crippen LogP contribution in [0.3, 0.4) is 0 Å². The first-order valence-electron chi connectivity index (χ1n) is 4.59. The number of cyclic esters (lactones) is 1. The Labute approximate surface area is 83.2 Å². The normalized spacial score (nSPS) is 29.4. The number of hydrogen-bond acceptors (Lipinski definition) is 3. The minimum Gasteiger partial charge on any atom is -0.481 e. The third-order valence-corrected chi connectivity index (χ3v) is 3.52. The summed E-state index contributed by atoms with van der Waals surface area (Å²) in [5, 5.41) is 8.98. The van der Waals surface area contributed by atoms with Gasteiger partial charge in [-0.15, -0.1) is 0 Å². The molecule has 1 rings (SSSR count). The van der Waals surface area contributed by atoms with Gasteiger partial charge in [0.25, 0.3) is 0 Å². The first-order chi connectivity index (χ1) is 6.20. The molecule has 80 valence electrons. The zero-order valence-electron chi connectivity index (χ0n) is 8.96. The molecule has 0 aromatic rings. The number of carbonyl (C=O) groups excluding carboxylic acids is 1. The molecule has 0 aromatic carbocycles. The van der Waals surface area contributed by atoms with E-state index in [1.54, 1.807) is 13.8 Å². The third-order valence-electron chi connectivity index (χ3n) is 3.52. The monoisotopic (exact) mass is 200 g/mol. The van der Waals surface area contributed by atoms with Gasteiger partial charge in [-0.3, -0.25) is 9.59 Å². The largest absolute Gasteiger partial charge is 0.481 e. The molecule has 0 radical (unpaired) electrons. The molecule has 1 fully saturated rings. The number of ether oxygens (including phenoxy) is 1. The maximum Gasteiger partial charge on any atom is 0.320 e. The van der Waals surface area contributed by atoms with Gasteiger partial charge < -0.3 is 9.84 Å². The summed E-state index contributed by atoms with van der Waals surface area (Å²) < 4.78 is 4.88. The van der Waals surface area contributed by atoms with Crippen LogP contribution in [0.25, 0.3) is 0 Å². The number of hydrogen-bond donors (Lipinski definition) is 1. The molecule has 1 N–H and O–H groups in total. The predicted octanol–water partition coefficient (Wildman–Crippen LogP) is 1.30. The average molecular weight is 200 g/mol. The van der Waals surface area contributed by atoms with Crippen molar-refractivity contribution in [3.05, 3.63) is 0 Å². The summed E-state index contributed by atoms with van der Waals surface area (Å²) in [4.78, 5) is 22.3. The second-order valence-electron chi connectivity index (χ2n) is 4.98. The van der Waals surface area contributed by atoms with E-state index >= 15 is 0 Å². The van der Waals surface area contributed by atoms with Gasteiger partial charge in [0.15, 0.2) is 5.92 Å². The Bertz CT molecular complexity index is 278. The molecule has 4 nitrogen and oxygen atoms in total. The highest BCUT2D eigenvalue weighted by Gasteiger charge is 2.54. The molecule has 0 saturated carbocycles. The third kappa shape index (κ3) is 1.38. The number of aliphatic carboxylic acids is 1. The molecule has 0 amide bonds. The lowest BCUT2D eigenvalue weighted by Gasteiger charge is -2.47. The number of carboxylic acid groups (broad SMARTS) is 1. The minimum absolute atomic E-state index is 0.280. The van der Waals surface area contributed by atoms with E-state index < -0.39 is 23.3 Å². The molecule has 1 atom stereocenters. The van der Waals surface area contributed by atoms with Gasteiger partial charge in [0, 0.05) is 5.41 Å². The van der Waals surface area contributed by atoms with Crippen molar-refractivity contribution in [1.29, 1.82) is 0 Å². The van der Waals surface area contributed by atoms with Crippen molar-refractivity contribution in [2.24, 2.45) is 16.7 Å². The van der Waals surface area contributed by atoms with Gasteiger partial charge in [-0.25, -0.2) is 0 Å². The van der Waals surface area contributed by atoms with Crippen LogP contribution in [0.15, 0.2) is 0 Å². The molecule has 0 bridgehead atoms. The van der Waals surface area contributed by atoms with E-state index in [2.05, 4.69) is 0 Å². The summed E-state index contributed by atoms with van der Waals surface area (Å²) in [6.07, 6.45) is 0. The van der Waals surface area contributed by atoms with Gasteiger partial charge in [-0.1, -0.05) is 27.7 Å². The lowest BCUT2D eigenvalue weighted by Crippen LogP contribution is -2.53. The van der Waals surface area contributed by atoms with Crippen molar-refractivity contribution in [3.8, 4) is 0 Å². The topological polar surface area (TPSA) is 63.6 Å². The number of esters is 1. The van der Waals surface area contributed by atoms with Crippen molar-refractivity contribution in [1.82, 2.24) is 0 Å². The number of rotatable bonds is 1. The maximum atomic E-state index is 11.3. The van der Waals surface area contributed by atoms with Gasteiger partial charge in [0.05, 0.1) is 6.61 Å². The standard InChI is InChI=1S/C10H16O4/c1-9(2)5-14-8(13)6(7(11)12)10(9,3)4/h6H,5H2,1-4H3,(H,11,12). The van der Waals surface area contributed by atoms with Crippen molar-refractivity contribution in [3.63, 3.8) is 0 Å². The second-order valence-corrected chi connectivity index (χ2v) is 4.98. The van der Waals surface area contributed by atoms with Gasteiger partial charge in [0.2, 0.25) is 0 Å². The fraction of sp³-hybridized carbons (Fsp3) is 0.800. The predicted molar refractivity (Wildman–Crippen MR) is 49.6 cm³/mol. The zero-order valence-corrected chi connectivity index (χ0v) is 8.96. The van der Waals surface area contributed by atoms with Crippen molar-refractivity contribution >= 4 is 11.9 Å². The quantitative estimate of drug-likeness (QED) is 0.512. The molecular formula is C10H16O4. The summed E-state index contributed by atoms with van der Waals surface area (Å²) >= 11 is 0. The molecule has 0 aromatic heterocycles. The fourth-order valence-electron chi connectivity index (χ4n) is 1.62. The number of carbonyl (C=O) groups is 2. The Morgan fingerprint density at radius 1 is 1.43 bits per heavy atom. The van der Waals surface area contributed by atoms with Gasteiger partial charge in [0.1, 0.15) is 0 Å². The van der Waals surface area contributed by atoms with Gasteiger partial charge >= 0.3 is 11.9 Å². The van der Waals surface area contributed by atoms with Crippen LogP contribution in [0.1, 0.15) is 27.7 Å². The molecule has 1 aliphatic heterocycles. The highest BCUT2D eigenvalue weighted by atomic mass is 16.5. The molecule has 14 heavy (non-hydrogen) atoms. The van der Waals surface area contributed by atoms with E-state index in [1.807, 2.05) is 13.8 Å². The highest BCUT2D eigenvalue weighted by molar-refractivity contribution is 5.95. The first-order valence-corrected chi connectivity index (χ1v) is 4.59. The van der Waals surface area contributed by atoms with Crippen LogP contribution in [0.5, 0.6) is 0 Å². The van der Waals surface area contributed by atoms with Crippen LogP contribution in [0.2, 0.25) is 0 Å². The van der Waals surface area contributed by atoms with E-state index in [0.29, 0.717) is 0 Å². The van der Waals surface area contributed by atoms with Crippen LogP contribution >= 0.6 is 0 Å². The van der Waals surface area contributed by atoms with Crippen LogP contribution in [-0.4, -0.2) is 23.7 Å². The molecule has 1 heterocycles. The van der Waals surface area contributed by atoms with Crippen LogP contribution in [0, 0.1) is 16.7 Å². The summed E-state index contributed by atoms with van der Waals surface area (Å²) in [7, 11) is 0. The summed E-state index contributed by atoms with van der Waals surface area (Å²) in [5.74, 6) is -2.79. The summed E-state index contributed by atoms with van der Waals surface area (Å²) in [6, 6.07) is 0. The Hall–Kier alpha value is -1.06. The molecule has 1 aliphatic rings. The molecule has 0 aliphatic carbocycles. The second kappa shape index (κ2) is 2.97. The van der Waals surface area contributed by atoms with E-state index in [0.717, 1.165) is 0 Å². The van der Waals surface area contributed by atoms with Crippen molar-refractivity contribution in [2.45, 2.75) is 27.7 Å². The van der Waals surface area contributed by atoms with Crippen LogP contribution in [0.4, 0.5) is 0 Å². The lowest BCUT2D eigenvalue weighted by atomic mass is 9.60. The Balaban J connectivity index is 3.12. The van der Waals surface area contributed by atoms with Crippen LogP contribution < -0.4 is 0 Å². The molecular weight excluding hydrogens is 184 g/mol. The molecule has 4 heteroatoms. The van der Waals surface area contributed by atoms with E-state index in [4.69, 9.17) is 9.84 Å². The Morgan fingerprint density at radius 2 is 1.93 bits per heavy atom. The Morgan fingerprint density at radius 3 is 2.29 bits per heavy atom. The molecule has 1 unspecified atom stereocenters. The summed E-state index contributed by atoms with van der Waals surface area (Å²) in [6.45, 7) is 7.70. The van der Waals surface area contributed by atoms with E-state index in [-0.39, 0.29) is 12.0 Å². The maximum absolute atomic E-state index is 11.3. The number of carboxylic acids is 1. The smallest absolute Gasteiger partial charge is 0.320 e. The fourth-order valence-corrected chi connectivity index (χ4v) is 1.62. The lowest BCUT2D eigenvalue weighted by molar-refractivity contribution is -0.187. The van der Waals surface area contributed by atoms with Crippen LogP contribution in [-0.2, 0) is 14.3 Å². The van der Waals surface area contributed by atoms with E-state index in [1.165, 1.54) is 0 Å². The van der Waals surface area contributed by atoms with Crippen molar-refractivity contribution < 1.29 is 19.4 Å². The molecule has 1 saturated heterocycles. The van der Waals surface area contributed by atoms with Gasteiger partial charge in [-0.05, 0) is 5.41 Å². The minimum atomic E-state index is -1.10. The Kier molecular flexibility index (Phi) is 2.34. The highest BCUT2D eigenvalue weighted by Crippen LogP contribution is 2.48. The SMILES string of the molecule is CC1(C)COC(=O)C(C(=O)O)C1(C)C. The zero-order chi connectivity index (χ0) is 11.1. The summed E-state index contributed by atoms with van der Waals surface area (Å²) in [5.41, 5.74) is -0.905. The van der Waals surface area contributed by atoms with Crippen molar-refractivity contribution in [2.75, 3.05) is 6.61 Å². The average Bonchev–Trinajstić information content (AvgIpc) is 1.97. The van der Waals surface area contributed by atoms with E-state index in [9.17, 15) is 9.59 Å². The first kappa shape index (κ1) is 11.0. The van der Waals surface area contributed by atoms with Gasteiger partial charge in [-0.2, -0.15) is 0 Å².